The molecule has 0 saturated carbocycles. The van der Waals surface area contributed by atoms with Crippen molar-refractivity contribution in [1.82, 2.24) is 4.90 Å². The highest BCUT2D eigenvalue weighted by Gasteiger charge is 2.25. The molecule has 1 amide bonds. The number of benzene rings is 3. The number of amides is 1. The summed E-state index contributed by atoms with van der Waals surface area (Å²) in [6.45, 7) is 1.73. The second-order valence-corrected chi connectivity index (χ2v) is 9.45. The number of hydrogen-bond donors (Lipinski definition) is 0. The molecular formula is C25H20BrCl2FN2O3. The fraction of sp³-hybridized carbons (Fsp3) is 0.200. The van der Waals surface area contributed by atoms with Crippen LogP contribution in [0.25, 0.3) is 0 Å². The van der Waals surface area contributed by atoms with Gasteiger partial charge in [-0.25, -0.2) is 4.39 Å². The Morgan fingerprint density at radius 3 is 2.24 bits per heavy atom. The Bertz CT molecular complexity index is 1260. The number of halogens is 4. The molecule has 0 spiro atoms. The molecule has 5 nitrogen and oxygen atoms in total. The molecule has 0 bridgehead atoms. The van der Waals surface area contributed by atoms with Gasteiger partial charge in [0.1, 0.15) is 11.6 Å². The molecule has 4 rings (SSSR count). The first-order valence-electron chi connectivity index (χ1n) is 10.5. The number of anilines is 1. The molecule has 0 N–H and O–H groups in total. The highest BCUT2D eigenvalue weighted by molar-refractivity contribution is 9.10. The Hall–Kier alpha value is -2.61. The molecule has 3 aromatic rings. The number of ether oxygens (including phenoxy) is 1. The van der Waals surface area contributed by atoms with Crippen LogP contribution >= 0.6 is 39.1 Å². The molecule has 0 radical (unpaired) electrons. The van der Waals surface area contributed by atoms with Crippen molar-refractivity contribution in [1.29, 1.82) is 0 Å². The van der Waals surface area contributed by atoms with E-state index in [4.69, 9.17) is 27.9 Å². The lowest BCUT2D eigenvalue weighted by atomic mass is 10.0. The molecule has 0 unspecified atom stereocenters. The van der Waals surface area contributed by atoms with Crippen molar-refractivity contribution in [3.05, 3.63) is 91.6 Å². The van der Waals surface area contributed by atoms with Crippen LogP contribution in [0.4, 0.5) is 10.1 Å². The van der Waals surface area contributed by atoms with Crippen LogP contribution in [0, 0.1) is 5.82 Å². The first kappa shape index (κ1) is 24.5. The van der Waals surface area contributed by atoms with Crippen LogP contribution in [0.3, 0.4) is 0 Å². The Labute approximate surface area is 215 Å². The summed E-state index contributed by atoms with van der Waals surface area (Å²) in [6, 6.07) is 14.2. The quantitative estimate of drug-likeness (QED) is 0.351. The SMILES string of the molecule is COc1ccc(C(=O)c2ccc(N3CCN(C(=O)c4ccc(Cl)cc4Cl)CC3)c(F)c2)cc1Br. The molecular weight excluding hydrogens is 546 g/mol. The van der Waals surface area contributed by atoms with Gasteiger partial charge in [0.15, 0.2) is 5.78 Å². The van der Waals surface area contributed by atoms with E-state index in [0.29, 0.717) is 63.3 Å². The lowest BCUT2D eigenvalue weighted by Crippen LogP contribution is -2.49. The van der Waals surface area contributed by atoms with E-state index in [1.165, 1.54) is 19.2 Å². The number of ketones is 1. The lowest BCUT2D eigenvalue weighted by molar-refractivity contribution is 0.0746. The third-order valence-electron chi connectivity index (χ3n) is 5.69. The summed E-state index contributed by atoms with van der Waals surface area (Å²) in [5.74, 6) is -0.356. The minimum Gasteiger partial charge on any atom is -0.496 e. The maximum atomic E-state index is 15.0. The van der Waals surface area contributed by atoms with Gasteiger partial charge < -0.3 is 14.5 Å². The Balaban J connectivity index is 1.44. The van der Waals surface area contributed by atoms with Crippen LogP contribution in [-0.4, -0.2) is 49.9 Å². The van der Waals surface area contributed by atoms with Crippen LogP contribution in [0.5, 0.6) is 5.75 Å². The van der Waals surface area contributed by atoms with Crippen molar-refractivity contribution in [3.8, 4) is 5.75 Å². The van der Waals surface area contributed by atoms with Crippen molar-refractivity contribution in [2.45, 2.75) is 0 Å². The third kappa shape index (κ3) is 5.06. The summed E-state index contributed by atoms with van der Waals surface area (Å²) in [4.78, 5) is 29.2. The number of methoxy groups -OCH3 is 1. The van der Waals surface area contributed by atoms with Gasteiger partial charge in [-0.3, -0.25) is 9.59 Å². The van der Waals surface area contributed by atoms with E-state index in [-0.39, 0.29) is 17.3 Å². The molecule has 0 aliphatic carbocycles. The lowest BCUT2D eigenvalue weighted by Gasteiger charge is -2.36. The van der Waals surface area contributed by atoms with Crippen molar-refractivity contribution in [2.75, 3.05) is 38.2 Å². The van der Waals surface area contributed by atoms with E-state index in [1.807, 2.05) is 4.90 Å². The molecule has 1 aliphatic rings. The number of carbonyl (C=O) groups excluding carboxylic acids is 2. The van der Waals surface area contributed by atoms with Crippen molar-refractivity contribution in [3.63, 3.8) is 0 Å². The van der Waals surface area contributed by atoms with Crippen molar-refractivity contribution < 1.29 is 18.7 Å². The Morgan fingerprint density at radius 2 is 1.62 bits per heavy atom. The van der Waals surface area contributed by atoms with Crippen LogP contribution in [0.2, 0.25) is 10.0 Å². The maximum absolute atomic E-state index is 15.0. The average Bonchev–Trinajstić information content (AvgIpc) is 2.83. The van der Waals surface area contributed by atoms with E-state index in [1.54, 1.807) is 47.4 Å². The fourth-order valence-corrected chi connectivity index (χ4v) is 4.89. The second-order valence-electron chi connectivity index (χ2n) is 7.75. The number of rotatable bonds is 5. The first-order valence-corrected chi connectivity index (χ1v) is 12.0. The van der Waals surface area contributed by atoms with Crippen LogP contribution in [-0.2, 0) is 0 Å². The predicted molar refractivity (Wildman–Crippen MR) is 135 cm³/mol. The summed E-state index contributed by atoms with van der Waals surface area (Å²) in [6.07, 6.45) is 0. The highest BCUT2D eigenvalue weighted by atomic mass is 79.9. The highest BCUT2D eigenvalue weighted by Crippen LogP contribution is 2.28. The standard InChI is InChI=1S/C25H20BrCl2FN2O3/c1-34-23-7-3-15(12-19(23)26)24(32)16-2-6-22(21(29)13-16)30-8-10-31(11-9-30)25(33)18-5-4-17(27)14-20(18)28/h2-7,12-14H,8-11H2,1H3. The zero-order valence-electron chi connectivity index (χ0n) is 18.2. The van der Waals surface area contributed by atoms with Gasteiger partial charge in [0.25, 0.3) is 5.91 Å². The average molecular weight is 566 g/mol. The summed E-state index contributed by atoms with van der Waals surface area (Å²) in [7, 11) is 1.54. The normalized spacial score (nSPS) is 13.7. The van der Waals surface area contributed by atoms with Crippen molar-refractivity contribution >= 4 is 56.5 Å². The van der Waals surface area contributed by atoms with Gasteiger partial charge in [0.05, 0.1) is 27.9 Å². The zero-order chi connectivity index (χ0) is 24.4. The first-order chi connectivity index (χ1) is 16.3. The van der Waals surface area contributed by atoms with Crippen molar-refractivity contribution in [2.24, 2.45) is 0 Å². The number of piperazine rings is 1. The molecule has 34 heavy (non-hydrogen) atoms. The topological polar surface area (TPSA) is 49.9 Å². The van der Waals surface area contributed by atoms with Gasteiger partial charge in [0.2, 0.25) is 0 Å². The minimum absolute atomic E-state index is 0.187. The molecule has 0 atom stereocenters. The predicted octanol–water partition coefficient (Wildman–Crippen LogP) is 6.10. The van der Waals surface area contributed by atoms with E-state index < -0.39 is 5.82 Å². The van der Waals surface area contributed by atoms with Gasteiger partial charge >= 0.3 is 0 Å². The van der Waals surface area contributed by atoms with Gasteiger partial charge in [-0.1, -0.05) is 23.2 Å². The number of carbonyl (C=O) groups is 2. The van der Waals surface area contributed by atoms with E-state index in [2.05, 4.69) is 15.9 Å². The fourth-order valence-electron chi connectivity index (χ4n) is 3.86. The summed E-state index contributed by atoms with van der Waals surface area (Å²) in [5, 5.41) is 0.763. The van der Waals surface area contributed by atoms with E-state index in [0.717, 1.165) is 0 Å². The molecule has 3 aromatic carbocycles. The van der Waals surface area contributed by atoms with Gasteiger partial charge in [-0.15, -0.1) is 0 Å². The summed E-state index contributed by atoms with van der Waals surface area (Å²) >= 11 is 15.4. The number of hydrogen-bond acceptors (Lipinski definition) is 4. The van der Waals surface area contributed by atoms with Gasteiger partial charge in [0, 0.05) is 42.3 Å². The molecule has 0 aromatic heterocycles. The zero-order valence-corrected chi connectivity index (χ0v) is 21.3. The Kier molecular flexibility index (Phi) is 7.45. The third-order valence-corrected chi connectivity index (χ3v) is 6.86. The van der Waals surface area contributed by atoms with Crippen LogP contribution in [0.15, 0.2) is 59.1 Å². The van der Waals surface area contributed by atoms with Gasteiger partial charge in [-0.05, 0) is 70.5 Å². The van der Waals surface area contributed by atoms with Crippen LogP contribution in [0.1, 0.15) is 26.3 Å². The summed E-state index contributed by atoms with van der Waals surface area (Å²) in [5.41, 5.74) is 1.46. The largest absolute Gasteiger partial charge is 0.496 e. The second kappa shape index (κ2) is 10.3. The molecule has 1 saturated heterocycles. The minimum atomic E-state index is -0.487. The molecule has 1 heterocycles. The number of nitrogens with zero attached hydrogens (tertiary/aromatic N) is 2. The summed E-state index contributed by atoms with van der Waals surface area (Å²) < 4.78 is 20.8. The smallest absolute Gasteiger partial charge is 0.255 e. The molecule has 1 fully saturated rings. The molecule has 9 heteroatoms. The maximum Gasteiger partial charge on any atom is 0.255 e. The Morgan fingerprint density at radius 1 is 0.941 bits per heavy atom. The molecule has 1 aliphatic heterocycles. The monoisotopic (exact) mass is 564 g/mol. The molecule has 176 valence electrons. The van der Waals surface area contributed by atoms with Crippen LogP contribution < -0.4 is 9.64 Å². The van der Waals surface area contributed by atoms with Gasteiger partial charge in [-0.2, -0.15) is 0 Å². The van der Waals surface area contributed by atoms with E-state index >= 15 is 0 Å². The van der Waals surface area contributed by atoms with E-state index in [9.17, 15) is 14.0 Å².